The van der Waals surface area contributed by atoms with Gasteiger partial charge in [0.15, 0.2) is 11.5 Å². The Morgan fingerprint density at radius 3 is 2.64 bits per heavy atom. The van der Waals surface area contributed by atoms with Crippen LogP contribution >= 0.6 is 23.7 Å². The lowest BCUT2D eigenvalue weighted by molar-refractivity contribution is -0.129. The maximum absolute atomic E-state index is 13.3. The van der Waals surface area contributed by atoms with Gasteiger partial charge in [-0.1, -0.05) is 0 Å². The van der Waals surface area contributed by atoms with Gasteiger partial charge in [-0.25, -0.2) is 0 Å². The summed E-state index contributed by atoms with van der Waals surface area (Å²) < 4.78 is 17.2. The zero-order valence-electron chi connectivity index (χ0n) is 15.8. The maximum atomic E-state index is 13.3. The van der Waals surface area contributed by atoms with E-state index in [1.54, 1.807) is 16.2 Å². The van der Waals surface area contributed by atoms with Crippen LogP contribution in [0.15, 0.2) is 30.3 Å². The van der Waals surface area contributed by atoms with Gasteiger partial charge < -0.3 is 24.8 Å². The minimum absolute atomic E-state index is 0. The van der Waals surface area contributed by atoms with Crippen molar-refractivity contribution in [2.45, 2.75) is 38.5 Å². The number of halogens is 1. The average molecular weight is 425 g/mol. The van der Waals surface area contributed by atoms with E-state index in [4.69, 9.17) is 19.9 Å². The van der Waals surface area contributed by atoms with Crippen LogP contribution in [0.3, 0.4) is 0 Å². The number of nitrogens with two attached hydrogens (primary N) is 1. The summed E-state index contributed by atoms with van der Waals surface area (Å²) in [6, 6.07) is 9.78. The maximum Gasteiger partial charge on any atom is 0.256 e. The smallest absolute Gasteiger partial charge is 0.256 e. The first-order valence-electron chi connectivity index (χ1n) is 9.26. The average Bonchev–Trinajstić information content (AvgIpc) is 3.34. The van der Waals surface area contributed by atoms with Crippen LogP contribution in [0, 0.1) is 6.92 Å². The van der Waals surface area contributed by atoms with E-state index in [1.165, 1.54) is 4.88 Å². The van der Waals surface area contributed by atoms with Crippen molar-refractivity contribution in [3.05, 3.63) is 40.1 Å². The summed E-state index contributed by atoms with van der Waals surface area (Å²) in [6.07, 6.45) is 1.03. The normalized spacial score (nSPS) is 20.5. The van der Waals surface area contributed by atoms with E-state index in [-0.39, 0.29) is 24.4 Å². The van der Waals surface area contributed by atoms with Gasteiger partial charge in [0.05, 0.1) is 12.6 Å². The summed E-state index contributed by atoms with van der Waals surface area (Å²) in [6.45, 7) is 4.07. The van der Waals surface area contributed by atoms with Crippen LogP contribution in [0.25, 0.3) is 0 Å². The fourth-order valence-corrected chi connectivity index (χ4v) is 4.34. The molecule has 1 amide bonds. The molecule has 0 radical (unpaired) electrons. The Morgan fingerprint density at radius 2 is 1.96 bits per heavy atom. The molecule has 1 saturated heterocycles. The zero-order valence-corrected chi connectivity index (χ0v) is 17.4. The molecule has 28 heavy (non-hydrogen) atoms. The molecule has 2 N–H and O–H groups in total. The second kappa shape index (κ2) is 9.13. The molecule has 0 aliphatic carbocycles. The van der Waals surface area contributed by atoms with Crippen molar-refractivity contribution < 1.29 is 19.0 Å². The van der Waals surface area contributed by atoms with Gasteiger partial charge in [-0.2, -0.15) is 0 Å². The molecule has 2 aliphatic rings. The van der Waals surface area contributed by atoms with E-state index >= 15 is 0 Å². The first-order valence-corrected chi connectivity index (χ1v) is 10.1. The van der Waals surface area contributed by atoms with Gasteiger partial charge >= 0.3 is 0 Å². The molecule has 0 spiro atoms. The number of ether oxygens (including phenoxy) is 3. The van der Waals surface area contributed by atoms with Crippen LogP contribution in [-0.2, 0) is 16.1 Å². The van der Waals surface area contributed by atoms with Gasteiger partial charge in [-0.3, -0.25) is 4.79 Å². The summed E-state index contributed by atoms with van der Waals surface area (Å²) in [5, 5.41) is 0. The van der Waals surface area contributed by atoms with Gasteiger partial charge in [0.25, 0.3) is 5.91 Å². The van der Waals surface area contributed by atoms with Crippen molar-refractivity contribution in [1.82, 2.24) is 0 Å². The lowest BCUT2D eigenvalue weighted by Gasteiger charge is -2.27. The second-order valence-corrected chi connectivity index (χ2v) is 8.20. The number of rotatable bonds is 5. The van der Waals surface area contributed by atoms with E-state index in [1.807, 2.05) is 18.2 Å². The number of benzene rings is 1. The predicted octanol–water partition coefficient (Wildman–Crippen LogP) is 3.29. The van der Waals surface area contributed by atoms with Crippen LogP contribution in [0.4, 0.5) is 5.69 Å². The molecule has 152 valence electrons. The summed E-state index contributed by atoms with van der Waals surface area (Å²) in [4.78, 5) is 17.4. The molecule has 4 rings (SSSR count). The van der Waals surface area contributed by atoms with Crippen molar-refractivity contribution in [2.24, 2.45) is 5.73 Å². The van der Waals surface area contributed by atoms with Crippen LogP contribution in [0.2, 0.25) is 0 Å². The number of anilines is 1. The predicted molar refractivity (Wildman–Crippen MR) is 112 cm³/mol. The molecule has 6 nitrogen and oxygen atoms in total. The van der Waals surface area contributed by atoms with E-state index in [0.717, 1.165) is 17.0 Å². The van der Waals surface area contributed by atoms with Crippen LogP contribution < -0.4 is 20.1 Å². The Bertz CT molecular complexity index is 828. The molecule has 1 aromatic carbocycles. The number of aryl methyl sites for hydroxylation is 1. The van der Waals surface area contributed by atoms with E-state index in [0.29, 0.717) is 44.2 Å². The Balaban J connectivity index is 0.00000225. The van der Waals surface area contributed by atoms with Crippen LogP contribution in [-0.4, -0.2) is 37.9 Å². The first kappa shape index (κ1) is 20.9. The van der Waals surface area contributed by atoms with Crippen molar-refractivity contribution in [1.29, 1.82) is 0 Å². The third-order valence-corrected chi connectivity index (χ3v) is 5.84. The van der Waals surface area contributed by atoms with Gasteiger partial charge in [0.2, 0.25) is 0 Å². The molecule has 2 atom stereocenters. The number of amides is 1. The zero-order chi connectivity index (χ0) is 18.8. The number of hydrogen-bond donors (Lipinski definition) is 1. The molecule has 1 fully saturated rings. The number of carbonyl (C=O) groups is 1. The molecule has 0 unspecified atom stereocenters. The Hall–Kier alpha value is -1.80. The number of nitrogens with zero attached hydrogens (tertiary/aromatic N) is 1. The van der Waals surface area contributed by atoms with Crippen molar-refractivity contribution in [3.8, 4) is 11.5 Å². The molecular weight excluding hydrogens is 400 g/mol. The van der Waals surface area contributed by atoms with Crippen molar-refractivity contribution in [2.75, 3.05) is 24.7 Å². The third-order valence-electron chi connectivity index (χ3n) is 4.86. The standard InChI is InChI=1S/C20H24N2O4S.ClH/c1-13-2-5-16(27-13)12-22(20(23)18-7-4-15(11-21)26-18)14-3-6-17-19(10-14)25-9-8-24-17;/h2-3,5-6,10,15,18H,4,7-9,11-12,21H2,1H3;1H/t15-,18+;/m1./s1. The summed E-state index contributed by atoms with van der Waals surface area (Å²) in [7, 11) is 0. The highest BCUT2D eigenvalue weighted by Gasteiger charge is 2.34. The molecule has 0 bridgehead atoms. The van der Waals surface area contributed by atoms with Crippen molar-refractivity contribution >= 4 is 35.3 Å². The summed E-state index contributed by atoms with van der Waals surface area (Å²) >= 11 is 1.69. The fraction of sp³-hybridized carbons (Fsp3) is 0.450. The highest BCUT2D eigenvalue weighted by Crippen LogP contribution is 2.36. The monoisotopic (exact) mass is 424 g/mol. The fourth-order valence-electron chi connectivity index (χ4n) is 3.46. The number of fused-ring (bicyclic) bond motifs is 1. The quantitative estimate of drug-likeness (QED) is 0.797. The molecule has 1 aromatic heterocycles. The summed E-state index contributed by atoms with van der Waals surface area (Å²) in [5.74, 6) is 1.35. The number of hydrogen-bond acceptors (Lipinski definition) is 6. The van der Waals surface area contributed by atoms with Gasteiger partial charge in [0, 0.05) is 28.1 Å². The van der Waals surface area contributed by atoms with Crippen LogP contribution in [0.1, 0.15) is 22.6 Å². The molecular formula is C20H25ClN2O4S. The summed E-state index contributed by atoms with van der Waals surface area (Å²) in [5.41, 5.74) is 6.49. The van der Waals surface area contributed by atoms with Crippen molar-refractivity contribution in [3.63, 3.8) is 0 Å². The van der Waals surface area contributed by atoms with E-state index < -0.39 is 6.10 Å². The Labute approximate surface area is 175 Å². The van der Waals surface area contributed by atoms with Gasteiger partial charge in [0.1, 0.15) is 19.3 Å². The van der Waals surface area contributed by atoms with Crippen LogP contribution in [0.5, 0.6) is 11.5 Å². The van der Waals surface area contributed by atoms with E-state index in [2.05, 4.69) is 19.1 Å². The lowest BCUT2D eigenvalue weighted by Crippen LogP contribution is -2.39. The lowest BCUT2D eigenvalue weighted by atomic mass is 10.1. The second-order valence-electron chi connectivity index (χ2n) is 6.82. The molecule has 2 aliphatic heterocycles. The Kier molecular flexibility index (Phi) is 6.82. The van der Waals surface area contributed by atoms with Gasteiger partial charge in [-0.05, 0) is 44.0 Å². The minimum atomic E-state index is -0.451. The first-order chi connectivity index (χ1) is 13.1. The topological polar surface area (TPSA) is 74.0 Å². The molecule has 0 saturated carbocycles. The largest absolute Gasteiger partial charge is 0.486 e. The Morgan fingerprint density at radius 1 is 1.18 bits per heavy atom. The third kappa shape index (κ3) is 4.43. The molecule has 3 heterocycles. The number of carbonyl (C=O) groups excluding carboxylic acids is 1. The highest BCUT2D eigenvalue weighted by atomic mass is 35.5. The SMILES string of the molecule is Cc1ccc(CN(C(=O)[C@@H]2CC[C@H](CN)O2)c2ccc3c(c2)OCCO3)s1.Cl. The highest BCUT2D eigenvalue weighted by molar-refractivity contribution is 7.11. The molecule has 2 aromatic rings. The molecule has 8 heteroatoms. The number of thiophene rings is 1. The van der Waals surface area contributed by atoms with E-state index in [9.17, 15) is 4.79 Å². The minimum Gasteiger partial charge on any atom is -0.486 e. The van der Waals surface area contributed by atoms with Gasteiger partial charge in [-0.15, -0.1) is 23.7 Å².